The number of halogens is 2. The summed E-state index contributed by atoms with van der Waals surface area (Å²) in [5, 5.41) is 8.35. The molecule has 0 saturated heterocycles. The SMILES string of the molecule is CC(CCSC(F)F)C(=O)O. The summed E-state index contributed by atoms with van der Waals surface area (Å²) in [6.07, 6.45) is 0.296. The van der Waals surface area contributed by atoms with Crippen molar-refractivity contribution in [3.8, 4) is 0 Å². The molecule has 5 heteroatoms. The van der Waals surface area contributed by atoms with Crippen molar-refractivity contribution in [2.24, 2.45) is 5.92 Å². The van der Waals surface area contributed by atoms with Crippen LogP contribution in [0.2, 0.25) is 0 Å². The highest BCUT2D eigenvalue weighted by Gasteiger charge is 2.11. The van der Waals surface area contributed by atoms with Crippen LogP contribution in [0.3, 0.4) is 0 Å². The second-order valence-electron chi connectivity index (χ2n) is 2.16. The predicted octanol–water partition coefficient (Wildman–Crippen LogP) is 2.05. The number of hydrogen-bond donors (Lipinski definition) is 1. The number of carboxylic acids is 1. The lowest BCUT2D eigenvalue weighted by Crippen LogP contribution is -2.10. The van der Waals surface area contributed by atoms with Gasteiger partial charge in [-0.25, -0.2) is 0 Å². The van der Waals surface area contributed by atoms with Crippen LogP contribution in [0.1, 0.15) is 13.3 Å². The Morgan fingerprint density at radius 3 is 2.55 bits per heavy atom. The molecule has 0 aromatic carbocycles. The molecular weight excluding hydrogens is 174 g/mol. The number of carboxylic acid groups (broad SMARTS) is 1. The minimum atomic E-state index is -2.39. The van der Waals surface area contributed by atoms with Gasteiger partial charge in [0.25, 0.3) is 5.76 Å². The maximum absolute atomic E-state index is 11.5. The van der Waals surface area contributed by atoms with Crippen LogP contribution in [0.4, 0.5) is 8.78 Å². The number of alkyl halides is 2. The van der Waals surface area contributed by atoms with Crippen LogP contribution < -0.4 is 0 Å². The first-order valence-electron chi connectivity index (χ1n) is 3.16. The molecule has 0 heterocycles. The quantitative estimate of drug-likeness (QED) is 0.710. The van der Waals surface area contributed by atoms with Crippen molar-refractivity contribution < 1.29 is 18.7 Å². The summed E-state index contributed by atoms with van der Waals surface area (Å²) < 4.78 is 23.0. The number of thioether (sulfide) groups is 1. The molecule has 0 bridgehead atoms. The third-order valence-corrected chi connectivity index (χ3v) is 1.94. The highest BCUT2D eigenvalue weighted by Crippen LogP contribution is 2.16. The van der Waals surface area contributed by atoms with E-state index in [1.165, 1.54) is 6.92 Å². The molecule has 0 aromatic rings. The molecule has 1 atom stereocenters. The Balaban J connectivity index is 3.31. The third-order valence-electron chi connectivity index (χ3n) is 1.22. The summed E-state index contributed by atoms with van der Waals surface area (Å²) in [7, 11) is 0. The Hall–Kier alpha value is -0.320. The third kappa shape index (κ3) is 6.09. The molecule has 1 N–H and O–H groups in total. The van der Waals surface area contributed by atoms with Gasteiger partial charge in [0.05, 0.1) is 5.92 Å². The molecule has 66 valence electrons. The van der Waals surface area contributed by atoms with Gasteiger partial charge in [0.1, 0.15) is 0 Å². The van der Waals surface area contributed by atoms with E-state index in [0.29, 0.717) is 18.2 Å². The number of aliphatic carboxylic acids is 1. The lowest BCUT2D eigenvalue weighted by molar-refractivity contribution is -0.141. The van der Waals surface area contributed by atoms with E-state index in [2.05, 4.69) is 0 Å². The van der Waals surface area contributed by atoms with E-state index in [-0.39, 0.29) is 5.75 Å². The zero-order valence-electron chi connectivity index (χ0n) is 6.09. The molecule has 2 nitrogen and oxygen atoms in total. The Kier molecular flexibility index (Phi) is 5.19. The Labute approximate surface area is 68.0 Å². The van der Waals surface area contributed by atoms with Crippen molar-refractivity contribution in [1.29, 1.82) is 0 Å². The second kappa shape index (κ2) is 5.35. The van der Waals surface area contributed by atoms with Crippen LogP contribution in [0.15, 0.2) is 0 Å². The average molecular weight is 184 g/mol. The van der Waals surface area contributed by atoms with Gasteiger partial charge in [-0.05, 0) is 12.2 Å². The van der Waals surface area contributed by atoms with Crippen LogP contribution >= 0.6 is 11.8 Å². The summed E-state index contributed by atoms with van der Waals surface area (Å²) in [6, 6.07) is 0. The predicted molar refractivity (Wildman–Crippen MR) is 39.9 cm³/mol. The lowest BCUT2D eigenvalue weighted by Gasteiger charge is -2.03. The fraction of sp³-hybridized carbons (Fsp3) is 0.833. The smallest absolute Gasteiger partial charge is 0.306 e. The van der Waals surface area contributed by atoms with Crippen molar-refractivity contribution in [1.82, 2.24) is 0 Å². The normalized spacial score (nSPS) is 13.5. The van der Waals surface area contributed by atoms with Gasteiger partial charge in [0.15, 0.2) is 0 Å². The van der Waals surface area contributed by atoms with Gasteiger partial charge < -0.3 is 5.11 Å². The summed E-state index contributed by atoms with van der Waals surface area (Å²) in [5.74, 6) is -3.65. The number of hydrogen-bond acceptors (Lipinski definition) is 2. The van der Waals surface area contributed by atoms with Gasteiger partial charge in [-0.15, -0.1) is 0 Å². The first-order chi connectivity index (χ1) is 5.04. The second-order valence-corrected chi connectivity index (χ2v) is 3.26. The molecule has 1 unspecified atom stereocenters. The van der Waals surface area contributed by atoms with E-state index in [1.807, 2.05) is 0 Å². The van der Waals surface area contributed by atoms with Gasteiger partial charge in [0, 0.05) is 0 Å². The van der Waals surface area contributed by atoms with Crippen molar-refractivity contribution in [2.45, 2.75) is 19.1 Å². The molecule has 0 aliphatic carbocycles. The van der Waals surface area contributed by atoms with Crippen molar-refractivity contribution in [3.63, 3.8) is 0 Å². The van der Waals surface area contributed by atoms with E-state index >= 15 is 0 Å². The van der Waals surface area contributed by atoms with Gasteiger partial charge in [-0.2, -0.15) is 8.78 Å². The Bertz CT molecular complexity index is 130. The van der Waals surface area contributed by atoms with Crippen molar-refractivity contribution >= 4 is 17.7 Å². The van der Waals surface area contributed by atoms with Gasteiger partial charge in [-0.3, -0.25) is 4.79 Å². The highest BCUT2D eigenvalue weighted by atomic mass is 32.2. The highest BCUT2D eigenvalue weighted by molar-refractivity contribution is 7.99. The molecule has 11 heavy (non-hydrogen) atoms. The number of rotatable bonds is 5. The minimum absolute atomic E-state index is 0.200. The molecule has 0 fully saturated rings. The summed E-state index contributed by atoms with van der Waals surface area (Å²) in [5.41, 5.74) is 0. The molecule has 0 aromatic heterocycles. The molecule has 0 radical (unpaired) electrons. The van der Waals surface area contributed by atoms with Crippen LogP contribution in [0, 0.1) is 5.92 Å². The van der Waals surface area contributed by atoms with Gasteiger partial charge in [-0.1, -0.05) is 18.7 Å². The largest absolute Gasteiger partial charge is 0.481 e. The minimum Gasteiger partial charge on any atom is -0.481 e. The maximum Gasteiger partial charge on any atom is 0.306 e. The average Bonchev–Trinajstić information content (AvgIpc) is 1.86. The van der Waals surface area contributed by atoms with Crippen LogP contribution in [0.5, 0.6) is 0 Å². The van der Waals surface area contributed by atoms with Crippen molar-refractivity contribution in [3.05, 3.63) is 0 Å². The van der Waals surface area contributed by atoms with E-state index in [9.17, 15) is 13.6 Å². The monoisotopic (exact) mass is 184 g/mol. The Morgan fingerprint density at radius 2 is 2.18 bits per heavy atom. The molecule has 0 aliphatic rings. The summed E-state index contributed by atoms with van der Waals surface area (Å²) >= 11 is 0.480. The molecule has 0 spiro atoms. The standard InChI is InChI=1S/C6H10F2O2S/c1-4(5(9)10)2-3-11-6(7)8/h4,6H,2-3H2,1H3,(H,9,10). The summed E-state index contributed by atoms with van der Waals surface area (Å²) in [4.78, 5) is 10.2. The van der Waals surface area contributed by atoms with E-state index in [4.69, 9.17) is 5.11 Å². The van der Waals surface area contributed by atoms with Crippen LogP contribution in [-0.4, -0.2) is 22.6 Å². The molecule has 0 saturated carbocycles. The van der Waals surface area contributed by atoms with Crippen molar-refractivity contribution in [2.75, 3.05) is 5.75 Å². The van der Waals surface area contributed by atoms with Gasteiger partial charge >= 0.3 is 5.97 Å². The zero-order valence-corrected chi connectivity index (χ0v) is 6.91. The Morgan fingerprint density at radius 1 is 1.64 bits per heavy atom. The first-order valence-corrected chi connectivity index (χ1v) is 4.21. The summed E-state index contributed by atoms with van der Waals surface area (Å²) in [6.45, 7) is 1.51. The molecule has 0 amide bonds. The molecule has 0 rings (SSSR count). The van der Waals surface area contributed by atoms with E-state index in [0.717, 1.165) is 0 Å². The fourth-order valence-electron chi connectivity index (χ4n) is 0.457. The zero-order chi connectivity index (χ0) is 8.85. The number of carbonyl (C=O) groups is 1. The van der Waals surface area contributed by atoms with Crippen LogP contribution in [-0.2, 0) is 4.79 Å². The lowest BCUT2D eigenvalue weighted by atomic mass is 10.1. The molecular formula is C6H10F2O2S. The topological polar surface area (TPSA) is 37.3 Å². The maximum atomic E-state index is 11.5. The van der Waals surface area contributed by atoms with Crippen LogP contribution in [0.25, 0.3) is 0 Å². The van der Waals surface area contributed by atoms with Gasteiger partial charge in [0.2, 0.25) is 0 Å². The molecule has 0 aliphatic heterocycles. The van der Waals surface area contributed by atoms with E-state index < -0.39 is 17.6 Å². The first kappa shape index (κ1) is 10.7. The van der Waals surface area contributed by atoms with E-state index in [1.54, 1.807) is 0 Å². The fourth-order valence-corrected chi connectivity index (χ4v) is 1.13.